The molecule has 0 bridgehead atoms. The maximum absolute atomic E-state index is 11.5. The molecule has 106 valence electrons. The molecule has 20 heavy (non-hydrogen) atoms. The van der Waals surface area contributed by atoms with E-state index in [1.54, 1.807) is 25.1 Å². The molecule has 0 saturated carbocycles. The second-order valence-electron chi connectivity index (χ2n) is 4.21. The van der Waals surface area contributed by atoms with Gasteiger partial charge in [0.2, 0.25) is 0 Å². The van der Waals surface area contributed by atoms with Gasteiger partial charge in [-0.25, -0.2) is 5.84 Å². The van der Waals surface area contributed by atoms with Crippen molar-refractivity contribution in [3.05, 3.63) is 53.0 Å². The monoisotopic (exact) mass is 276 g/mol. The minimum atomic E-state index is -0.409. The molecule has 6 heteroatoms. The number of furan rings is 1. The van der Waals surface area contributed by atoms with Crippen LogP contribution in [-0.4, -0.2) is 11.0 Å². The highest BCUT2D eigenvalue weighted by Gasteiger charge is 2.14. The Morgan fingerprint density at radius 2 is 2.20 bits per heavy atom. The second-order valence-corrected chi connectivity index (χ2v) is 4.21. The number of aliphatic hydroxyl groups excluding tert-OH is 1. The van der Waals surface area contributed by atoms with Gasteiger partial charge in [-0.05, 0) is 19.1 Å². The number of ether oxygens (including phenoxy) is 1. The number of hydrogen-bond donors (Lipinski definition) is 3. The van der Waals surface area contributed by atoms with Crippen molar-refractivity contribution in [3.8, 4) is 5.75 Å². The molecule has 1 amide bonds. The lowest BCUT2D eigenvalue weighted by Crippen LogP contribution is -2.30. The summed E-state index contributed by atoms with van der Waals surface area (Å²) in [7, 11) is 0. The number of nitrogens with two attached hydrogens (primary N) is 1. The number of carbonyl (C=O) groups excluding carboxylic acids is 1. The quantitative estimate of drug-likeness (QED) is 0.434. The third-order valence-electron chi connectivity index (χ3n) is 2.86. The van der Waals surface area contributed by atoms with Crippen molar-refractivity contribution in [1.82, 2.24) is 5.43 Å². The molecule has 1 aromatic heterocycles. The molecule has 0 atom stereocenters. The molecular formula is C14H16N2O4. The van der Waals surface area contributed by atoms with Crippen LogP contribution in [0.1, 0.15) is 27.4 Å². The number of nitrogens with one attached hydrogen (secondary N) is 1. The molecule has 0 fully saturated rings. The summed E-state index contributed by atoms with van der Waals surface area (Å²) in [4.78, 5) is 11.5. The topological polar surface area (TPSA) is 97.7 Å². The minimum absolute atomic E-state index is 0.103. The number of amides is 1. The number of aliphatic hydroxyl groups is 1. The average Bonchev–Trinajstić information content (AvgIpc) is 2.85. The molecule has 6 nitrogen and oxygen atoms in total. The van der Waals surface area contributed by atoms with Crippen LogP contribution in [0, 0.1) is 6.92 Å². The van der Waals surface area contributed by atoms with Crippen LogP contribution in [-0.2, 0) is 13.2 Å². The highest BCUT2D eigenvalue weighted by atomic mass is 16.5. The Morgan fingerprint density at radius 3 is 2.90 bits per heavy atom. The van der Waals surface area contributed by atoms with Crippen LogP contribution in [0.25, 0.3) is 0 Å². The van der Waals surface area contributed by atoms with Crippen molar-refractivity contribution >= 4 is 5.91 Å². The zero-order valence-electron chi connectivity index (χ0n) is 11.1. The second kappa shape index (κ2) is 6.23. The SMILES string of the molecule is Cc1oc(COc2ccccc2CO)cc1C(=O)NN. The van der Waals surface area contributed by atoms with Gasteiger partial charge in [0.15, 0.2) is 0 Å². The van der Waals surface area contributed by atoms with E-state index in [0.29, 0.717) is 28.4 Å². The van der Waals surface area contributed by atoms with E-state index in [1.165, 1.54) is 0 Å². The molecule has 0 aliphatic carbocycles. The van der Waals surface area contributed by atoms with Crippen molar-refractivity contribution in [2.24, 2.45) is 5.84 Å². The number of hydrogen-bond acceptors (Lipinski definition) is 5. The van der Waals surface area contributed by atoms with E-state index in [4.69, 9.17) is 15.0 Å². The Kier molecular flexibility index (Phi) is 4.39. The first kappa shape index (κ1) is 14.1. The van der Waals surface area contributed by atoms with E-state index in [0.717, 1.165) is 0 Å². The first-order valence-corrected chi connectivity index (χ1v) is 6.07. The van der Waals surface area contributed by atoms with Gasteiger partial charge in [0, 0.05) is 5.56 Å². The zero-order valence-corrected chi connectivity index (χ0v) is 11.1. The molecule has 0 aliphatic heterocycles. The molecule has 0 spiro atoms. The third-order valence-corrected chi connectivity index (χ3v) is 2.86. The van der Waals surface area contributed by atoms with E-state index in [2.05, 4.69) is 5.43 Å². The largest absolute Gasteiger partial charge is 0.485 e. The molecule has 0 unspecified atom stereocenters. The number of carbonyl (C=O) groups is 1. The summed E-state index contributed by atoms with van der Waals surface area (Å²) in [5, 5.41) is 9.20. The van der Waals surface area contributed by atoms with E-state index in [9.17, 15) is 9.90 Å². The van der Waals surface area contributed by atoms with Crippen LogP contribution in [0.4, 0.5) is 0 Å². The van der Waals surface area contributed by atoms with E-state index >= 15 is 0 Å². The lowest BCUT2D eigenvalue weighted by molar-refractivity contribution is 0.0952. The molecule has 4 N–H and O–H groups in total. The summed E-state index contributed by atoms with van der Waals surface area (Å²) >= 11 is 0. The van der Waals surface area contributed by atoms with Crippen LogP contribution in [0.15, 0.2) is 34.7 Å². The molecule has 1 heterocycles. The van der Waals surface area contributed by atoms with Crippen molar-refractivity contribution in [2.45, 2.75) is 20.1 Å². The predicted molar refractivity (Wildman–Crippen MR) is 71.8 cm³/mol. The van der Waals surface area contributed by atoms with Gasteiger partial charge in [0.25, 0.3) is 5.91 Å². The van der Waals surface area contributed by atoms with Gasteiger partial charge in [0.05, 0.1) is 12.2 Å². The fraction of sp³-hybridized carbons (Fsp3) is 0.214. The van der Waals surface area contributed by atoms with Crippen molar-refractivity contribution in [3.63, 3.8) is 0 Å². The minimum Gasteiger partial charge on any atom is -0.485 e. The summed E-state index contributed by atoms with van der Waals surface area (Å²) in [5.74, 6) is 6.24. The third kappa shape index (κ3) is 2.98. The summed E-state index contributed by atoms with van der Waals surface area (Å²) in [5.41, 5.74) is 3.12. The van der Waals surface area contributed by atoms with Gasteiger partial charge >= 0.3 is 0 Å². The summed E-state index contributed by atoms with van der Waals surface area (Å²) < 4.78 is 11.0. The maximum atomic E-state index is 11.5. The van der Waals surface area contributed by atoms with Crippen LogP contribution in [0.2, 0.25) is 0 Å². The number of rotatable bonds is 5. The first-order chi connectivity index (χ1) is 9.65. The predicted octanol–water partition coefficient (Wildman–Crippen LogP) is 1.26. The van der Waals surface area contributed by atoms with Gasteiger partial charge in [-0.3, -0.25) is 10.2 Å². The summed E-state index contributed by atoms with van der Waals surface area (Å²) in [6.07, 6.45) is 0. The molecule has 2 aromatic rings. The van der Waals surface area contributed by atoms with Gasteiger partial charge in [-0.15, -0.1) is 0 Å². The van der Waals surface area contributed by atoms with Crippen molar-refractivity contribution in [1.29, 1.82) is 0 Å². The number of aryl methyl sites for hydroxylation is 1. The molecule has 0 saturated heterocycles. The fourth-order valence-electron chi connectivity index (χ4n) is 1.84. The van der Waals surface area contributed by atoms with Crippen molar-refractivity contribution in [2.75, 3.05) is 0 Å². The number of hydrazine groups is 1. The fourth-order valence-corrected chi connectivity index (χ4v) is 1.84. The zero-order chi connectivity index (χ0) is 14.5. The maximum Gasteiger partial charge on any atom is 0.268 e. The van der Waals surface area contributed by atoms with Gasteiger partial charge < -0.3 is 14.3 Å². The number of benzene rings is 1. The highest BCUT2D eigenvalue weighted by molar-refractivity contribution is 5.94. The van der Waals surface area contributed by atoms with Crippen LogP contribution >= 0.6 is 0 Å². The van der Waals surface area contributed by atoms with Crippen LogP contribution in [0.3, 0.4) is 0 Å². The lowest BCUT2D eigenvalue weighted by atomic mass is 10.2. The van der Waals surface area contributed by atoms with Crippen LogP contribution < -0.4 is 16.0 Å². The first-order valence-electron chi connectivity index (χ1n) is 6.07. The summed E-state index contributed by atoms with van der Waals surface area (Å²) in [6.45, 7) is 1.74. The van der Waals surface area contributed by atoms with E-state index < -0.39 is 5.91 Å². The Labute approximate surface area is 116 Å². The Balaban J connectivity index is 2.10. The molecule has 0 radical (unpaired) electrons. The highest BCUT2D eigenvalue weighted by Crippen LogP contribution is 2.21. The Morgan fingerprint density at radius 1 is 1.45 bits per heavy atom. The molecule has 1 aromatic carbocycles. The van der Waals surface area contributed by atoms with Gasteiger partial charge in [0.1, 0.15) is 23.9 Å². The summed E-state index contributed by atoms with van der Waals surface area (Å²) in [6, 6.07) is 8.75. The lowest BCUT2D eigenvalue weighted by Gasteiger charge is -2.08. The normalized spacial score (nSPS) is 10.3. The van der Waals surface area contributed by atoms with Gasteiger partial charge in [-0.1, -0.05) is 18.2 Å². The number of para-hydroxylation sites is 1. The van der Waals surface area contributed by atoms with E-state index in [-0.39, 0.29) is 13.2 Å². The van der Waals surface area contributed by atoms with E-state index in [1.807, 2.05) is 12.1 Å². The molecule has 0 aliphatic rings. The number of nitrogen functional groups attached to an aromatic ring is 1. The molecule has 2 rings (SSSR count). The smallest absolute Gasteiger partial charge is 0.268 e. The molecular weight excluding hydrogens is 260 g/mol. The standard InChI is InChI=1S/C14H16N2O4/c1-9-12(14(18)16-15)6-11(20-9)8-19-13-5-3-2-4-10(13)7-17/h2-6,17H,7-8,15H2,1H3,(H,16,18). The van der Waals surface area contributed by atoms with Crippen molar-refractivity contribution < 1.29 is 19.1 Å². The van der Waals surface area contributed by atoms with Crippen LogP contribution in [0.5, 0.6) is 5.75 Å². The Bertz CT molecular complexity index is 607. The Hall–Kier alpha value is -2.31. The van der Waals surface area contributed by atoms with Gasteiger partial charge in [-0.2, -0.15) is 0 Å². The average molecular weight is 276 g/mol.